The van der Waals surface area contributed by atoms with Crippen LogP contribution < -0.4 is 0 Å². The first kappa shape index (κ1) is 7.03. The van der Waals surface area contributed by atoms with Crippen molar-refractivity contribution in [3.63, 3.8) is 0 Å². The molecule has 0 spiro atoms. The fourth-order valence-corrected chi connectivity index (χ4v) is 1.21. The quantitative estimate of drug-likeness (QED) is 0.572. The molecule has 1 saturated heterocycles. The molecule has 1 heterocycles. The topological polar surface area (TPSA) is 29.5 Å². The zero-order valence-corrected chi connectivity index (χ0v) is 6.05. The van der Waals surface area contributed by atoms with E-state index in [1.165, 1.54) is 0 Å². The Bertz CT molecular complexity index is 99.1. The molecule has 0 saturated carbocycles. The third kappa shape index (κ3) is 1.66. The average Bonchev–Trinajstić information content (AvgIpc) is 2.10. The SMILES string of the molecule is CC1(C)CCC(CO)O1. The molecule has 0 aliphatic carbocycles. The Kier molecular flexibility index (Phi) is 1.78. The van der Waals surface area contributed by atoms with Crippen LogP contribution in [-0.4, -0.2) is 23.4 Å². The van der Waals surface area contributed by atoms with Crippen LogP contribution in [0.3, 0.4) is 0 Å². The van der Waals surface area contributed by atoms with E-state index in [-0.39, 0.29) is 18.3 Å². The zero-order valence-electron chi connectivity index (χ0n) is 6.05. The maximum atomic E-state index is 8.67. The van der Waals surface area contributed by atoms with Gasteiger partial charge in [-0.15, -0.1) is 0 Å². The highest BCUT2D eigenvalue weighted by molar-refractivity contribution is 4.79. The minimum Gasteiger partial charge on any atom is -0.394 e. The molecule has 1 aliphatic heterocycles. The van der Waals surface area contributed by atoms with Crippen LogP contribution in [0, 0.1) is 0 Å². The molecule has 1 fully saturated rings. The summed E-state index contributed by atoms with van der Waals surface area (Å²) in [6, 6.07) is 0. The van der Waals surface area contributed by atoms with E-state index in [4.69, 9.17) is 9.84 Å². The lowest BCUT2D eigenvalue weighted by Gasteiger charge is -2.17. The Labute approximate surface area is 55.8 Å². The van der Waals surface area contributed by atoms with E-state index < -0.39 is 0 Å². The molecule has 1 rings (SSSR count). The van der Waals surface area contributed by atoms with Crippen molar-refractivity contribution in [3.05, 3.63) is 0 Å². The second-order valence-corrected chi connectivity index (χ2v) is 3.22. The third-order valence-corrected chi connectivity index (χ3v) is 1.76. The Morgan fingerprint density at radius 3 is 2.56 bits per heavy atom. The van der Waals surface area contributed by atoms with E-state index in [9.17, 15) is 0 Å². The van der Waals surface area contributed by atoms with Crippen molar-refractivity contribution in [2.24, 2.45) is 0 Å². The monoisotopic (exact) mass is 130 g/mol. The molecule has 9 heavy (non-hydrogen) atoms. The number of hydrogen-bond donors (Lipinski definition) is 1. The fraction of sp³-hybridized carbons (Fsp3) is 1.00. The van der Waals surface area contributed by atoms with Crippen molar-refractivity contribution in [1.82, 2.24) is 0 Å². The van der Waals surface area contributed by atoms with Crippen LogP contribution in [0.2, 0.25) is 0 Å². The van der Waals surface area contributed by atoms with Gasteiger partial charge in [0.05, 0.1) is 18.3 Å². The predicted molar refractivity (Wildman–Crippen MR) is 35.3 cm³/mol. The van der Waals surface area contributed by atoms with Gasteiger partial charge in [-0.2, -0.15) is 0 Å². The van der Waals surface area contributed by atoms with E-state index in [0.29, 0.717) is 0 Å². The minimum absolute atomic E-state index is 0.00734. The lowest BCUT2D eigenvalue weighted by atomic mass is 10.1. The molecule has 1 aliphatic rings. The van der Waals surface area contributed by atoms with E-state index in [1.807, 2.05) is 0 Å². The predicted octanol–water partition coefficient (Wildman–Crippen LogP) is 0.936. The molecule has 0 amide bonds. The zero-order chi connectivity index (χ0) is 6.91. The van der Waals surface area contributed by atoms with E-state index in [2.05, 4.69) is 13.8 Å². The molecule has 1 unspecified atom stereocenters. The number of aliphatic hydroxyl groups is 1. The molecule has 0 aromatic heterocycles. The molecule has 1 N–H and O–H groups in total. The summed E-state index contributed by atoms with van der Waals surface area (Å²) in [6.07, 6.45) is 2.17. The molecule has 54 valence electrons. The Balaban J connectivity index is 2.38. The van der Waals surface area contributed by atoms with Gasteiger partial charge >= 0.3 is 0 Å². The van der Waals surface area contributed by atoms with Crippen LogP contribution in [0.4, 0.5) is 0 Å². The van der Waals surface area contributed by atoms with Gasteiger partial charge < -0.3 is 9.84 Å². The Hall–Kier alpha value is -0.0800. The van der Waals surface area contributed by atoms with E-state index in [0.717, 1.165) is 12.8 Å². The summed E-state index contributed by atoms with van der Waals surface area (Å²) in [5.74, 6) is 0. The Morgan fingerprint density at radius 2 is 2.33 bits per heavy atom. The second kappa shape index (κ2) is 2.27. The highest BCUT2D eigenvalue weighted by atomic mass is 16.5. The van der Waals surface area contributed by atoms with Gasteiger partial charge in [0.2, 0.25) is 0 Å². The highest BCUT2D eigenvalue weighted by Gasteiger charge is 2.30. The first-order valence-electron chi connectivity index (χ1n) is 3.43. The maximum Gasteiger partial charge on any atom is 0.0814 e. The molecular weight excluding hydrogens is 116 g/mol. The van der Waals surface area contributed by atoms with Gasteiger partial charge in [-0.3, -0.25) is 0 Å². The van der Waals surface area contributed by atoms with E-state index >= 15 is 0 Å². The maximum absolute atomic E-state index is 8.67. The van der Waals surface area contributed by atoms with Crippen LogP contribution in [-0.2, 0) is 4.74 Å². The average molecular weight is 130 g/mol. The van der Waals surface area contributed by atoms with Crippen LogP contribution in [0.25, 0.3) is 0 Å². The number of hydrogen-bond acceptors (Lipinski definition) is 2. The number of rotatable bonds is 1. The molecule has 2 nitrogen and oxygen atoms in total. The van der Waals surface area contributed by atoms with Crippen LogP contribution in [0.15, 0.2) is 0 Å². The minimum atomic E-state index is 0.00734. The normalized spacial score (nSPS) is 33.0. The summed E-state index contributed by atoms with van der Waals surface area (Å²) in [4.78, 5) is 0. The Morgan fingerprint density at radius 1 is 1.67 bits per heavy atom. The van der Waals surface area contributed by atoms with Gasteiger partial charge in [-0.1, -0.05) is 0 Å². The summed E-state index contributed by atoms with van der Waals surface area (Å²) in [7, 11) is 0. The molecular formula is C7H14O2. The van der Waals surface area contributed by atoms with Crippen molar-refractivity contribution < 1.29 is 9.84 Å². The smallest absolute Gasteiger partial charge is 0.0814 e. The summed E-state index contributed by atoms with van der Waals surface area (Å²) >= 11 is 0. The van der Waals surface area contributed by atoms with Gasteiger partial charge in [0.25, 0.3) is 0 Å². The molecule has 0 aromatic carbocycles. The van der Waals surface area contributed by atoms with Gasteiger partial charge in [0, 0.05) is 0 Å². The van der Waals surface area contributed by atoms with Crippen molar-refractivity contribution in [2.45, 2.75) is 38.4 Å². The van der Waals surface area contributed by atoms with Crippen molar-refractivity contribution in [3.8, 4) is 0 Å². The molecule has 1 atom stereocenters. The largest absolute Gasteiger partial charge is 0.394 e. The van der Waals surface area contributed by atoms with Gasteiger partial charge in [0.15, 0.2) is 0 Å². The van der Waals surface area contributed by atoms with Gasteiger partial charge in [-0.25, -0.2) is 0 Å². The van der Waals surface area contributed by atoms with Crippen molar-refractivity contribution in [2.75, 3.05) is 6.61 Å². The first-order valence-corrected chi connectivity index (χ1v) is 3.43. The van der Waals surface area contributed by atoms with Crippen LogP contribution in [0.5, 0.6) is 0 Å². The van der Waals surface area contributed by atoms with Gasteiger partial charge in [-0.05, 0) is 26.7 Å². The van der Waals surface area contributed by atoms with Gasteiger partial charge in [0.1, 0.15) is 0 Å². The summed E-state index contributed by atoms with van der Waals surface area (Å²) in [5, 5.41) is 8.67. The van der Waals surface area contributed by atoms with Crippen molar-refractivity contribution >= 4 is 0 Å². The summed E-state index contributed by atoms with van der Waals surface area (Å²) < 4.78 is 5.45. The number of ether oxygens (including phenoxy) is 1. The lowest BCUT2D eigenvalue weighted by Crippen LogP contribution is -2.21. The molecule has 0 radical (unpaired) electrons. The summed E-state index contributed by atoms with van der Waals surface area (Å²) in [5.41, 5.74) is 0.00734. The van der Waals surface area contributed by atoms with Crippen LogP contribution in [0.1, 0.15) is 26.7 Å². The summed E-state index contributed by atoms with van der Waals surface area (Å²) in [6.45, 7) is 4.29. The molecule has 0 aromatic rings. The van der Waals surface area contributed by atoms with Crippen LogP contribution >= 0.6 is 0 Å². The standard InChI is InChI=1S/C7H14O2/c1-7(2)4-3-6(5-8)9-7/h6,8H,3-5H2,1-2H3. The number of aliphatic hydroxyl groups excluding tert-OH is 1. The fourth-order valence-electron chi connectivity index (χ4n) is 1.21. The van der Waals surface area contributed by atoms with Crippen molar-refractivity contribution in [1.29, 1.82) is 0 Å². The lowest BCUT2D eigenvalue weighted by molar-refractivity contribution is -0.0370. The first-order chi connectivity index (χ1) is 4.14. The molecule has 0 bridgehead atoms. The second-order valence-electron chi connectivity index (χ2n) is 3.22. The third-order valence-electron chi connectivity index (χ3n) is 1.76. The van der Waals surface area contributed by atoms with E-state index in [1.54, 1.807) is 0 Å². The highest BCUT2D eigenvalue weighted by Crippen LogP contribution is 2.28. The molecule has 2 heteroatoms.